The molecule has 4 rings (SSSR count). The third kappa shape index (κ3) is 6.38. The number of carbonyl (C=O) groups excluding carboxylic acids is 2. The van der Waals surface area contributed by atoms with Gasteiger partial charge >= 0.3 is 11.9 Å². The van der Waals surface area contributed by atoms with Crippen LogP contribution in [0.3, 0.4) is 0 Å². The van der Waals surface area contributed by atoms with Gasteiger partial charge in [0, 0.05) is 18.1 Å². The van der Waals surface area contributed by atoms with E-state index in [0.29, 0.717) is 0 Å². The van der Waals surface area contributed by atoms with Gasteiger partial charge in [-0.15, -0.1) is 0 Å². The summed E-state index contributed by atoms with van der Waals surface area (Å²) in [6.45, 7) is -0.705. The lowest BCUT2D eigenvalue weighted by atomic mass is 9.84. The number of aliphatic hydroxyl groups is 5. The summed E-state index contributed by atoms with van der Waals surface area (Å²) in [6.07, 6.45) is -13.0. The van der Waals surface area contributed by atoms with Gasteiger partial charge in [0.15, 0.2) is 12.4 Å². The van der Waals surface area contributed by atoms with Gasteiger partial charge in [-0.25, -0.2) is 9.59 Å². The van der Waals surface area contributed by atoms with E-state index in [9.17, 15) is 40.4 Å². The molecular weight excluding hydrogens is 526 g/mol. The zero-order valence-corrected chi connectivity index (χ0v) is 21.1. The number of hydrogen-bond acceptors (Lipinski definition) is 12. The maximum atomic E-state index is 12.9. The van der Waals surface area contributed by atoms with Gasteiger partial charge < -0.3 is 44.5 Å². The zero-order valence-electron chi connectivity index (χ0n) is 21.1. The normalized spacial score (nSPS) is 33.1. The number of allylic oxidation sites excluding steroid dienone is 1. The Balaban J connectivity index is 1.65. The van der Waals surface area contributed by atoms with E-state index in [-0.39, 0.29) is 23.1 Å². The monoisotopic (exact) mass is 555 g/mol. The Hall–Kier alpha value is -3.67. The first kappa shape index (κ1) is 29.3. The Morgan fingerprint density at radius 3 is 2.00 bits per heavy atom. The van der Waals surface area contributed by atoms with Crippen molar-refractivity contribution in [1.82, 2.24) is 0 Å². The first-order chi connectivity index (χ1) is 19.2. The van der Waals surface area contributed by atoms with Crippen molar-refractivity contribution in [2.45, 2.75) is 61.5 Å². The molecule has 1 aliphatic carbocycles. The summed E-state index contributed by atoms with van der Waals surface area (Å²) in [6, 6.07) is 17.7. The molecule has 40 heavy (non-hydrogen) atoms. The molecule has 0 amide bonds. The van der Waals surface area contributed by atoms with Crippen LogP contribution in [-0.2, 0) is 18.9 Å². The van der Waals surface area contributed by atoms with Crippen LogP contribution >= 0.6 is 0 Å². The molecule has 12 heteroatoms. The molecular formula is C28H29NO11. The molecule has 212 valence electrons. The lowest BCUT2D eigenvalue weighted by Crippen LogP contribution is -2.61. The zero-order chi connectivity index (χ0) is 28.8. The average Bonchev–Trinajstić information content (AvgIpc) is 2.98. The molecule has 1 heterocycles. The smallest absolute Gasteiger partial charge is 0.338 e. The van der Waals surface area contributed by atoms with Gasteiger partial charge in [-0.1, -0.05) is 36.4 Å². The minimum absolute atomic E-state index is 0.0248. The van der Waals surface area contributed by atoms with E-state index >= 15 is 0 Å². The van der Waals surface area contributed by atoms with Crippen LogP contribution in [0.5, 0.6) is 0 Å². The van der Waals surface area contributed by atoms with E-state index in [1.54, 1.807) is 36.4 Å². The van der Waals surface area contributed by atoms with Gasteiger partial charge in [-0.3, -0.25) is 0 Å². The predicted molar refractivity (Wildman–Crippen MR) is 134 cm³/mol. The molecule has 1 saturated heterocycles. The molecule has 0 bridgehead atoms. The van der Waals surface area contributed by atoms with Crippen molar-refractivity contribution in [2.24, 2.45) is 0 Å². The van der Waals surface area contributed by atoms with E-state index in [2.05, 4.69) is 0 Å². The Kier molecular flexibility index (Phi) is 9.62. The summed E-state index contributed by atoms with van der Waals surface area (Å²) in [5.74, 6) is -1.62. The third-order valence-electron chi connectivity index (χ3n) is 6.73. The van der Waals surface area contributed by atoms with Crippen LogP contribution in [0.2, 0.25) is 0 Å². The van der Waals surface area contributed by atoms with Crippen molar-refractivity contribution in [1.29, 1.82) is 5.26 Å². The fraction of sp³-hybridized carbons (Fsp3) is 0.393. The van der Waals surface area contributed by atoms with E-state index in [0.717, 1.165) is 6.08 Å². The van der Waals surface area contributed by atoms with Crippen molar-refractivity contribution in [3.8, 4) is 6.07 Å². The maximum absolute atomic E-state index is 12.9. The number of ether oxygens (including phenoxy) is 4. The third-order valence-corrected chi connectivity index (χ3v) is 6.73. The summed E-state index contributed by atoms with van der Waals surface area (Å²) in [5, 5.41) is 61.0. The van der Waals surface area contributed by atoms with Crippen molar-refractivity contribution >= 4 is 11.9 Å². The highest BCUT2D eigenvalue weighted by atomic mass is 16.7. The first-order valence-corrected chi connectivity index (χ1v) is 12.5. The fourth-order valence-electron chi connectivity index (χ4n) is 4.58. The second kappa shape index (κ2) is 13.1. The molecule has 9 atom stereocenters. The van der Waals surface area contributed by atoms with Gasteiger partial charge in [0.2, 0.25) is 0 Å². The molecule has 1 saturated carbocycles. The summed E-state index contributed by atoms with van der Waals surface area (Å²) < 4.78 is 22.5. The van der Waals surface area contributed by atoms with E-state index < -0.39 is 73.7 Å². The predicted octanol–water partition coefficient (Wildman–Crippen LogP) is -0.163. The Morgan fingerprint density at radius 1 is 0.875 bits per heavy atom. The maximum Gasteiger partial charge on any atom is 0.338 e. The van der Waals surface area contributed by atoms with Crippen LogP contribution in [0.25, 0.3) is 0 Å². The van der Waals surface area contributed by atoms with Gasteiger partial charge in [-0.05, 0) is 24.3 Å². The summed E-state index contributed by atoms with van der Waals surface area (Å²) >= 11 is 0. The van der Waals surface area contributed by atoms with Crippen LogP contribution in [-0.4, -0.2) is 99.2 Å². The number of carbonyl (C=O) groups is 2. The molecule has 1 aliphatic heterocycles. The molecule has 1 unspecified atom stereocenters. The van der Waals surface area contributed by atoms with Gasteiger partial charge in [0.25, 0.3) is 0 Å². The highest BCUT2D eigenvalue weighted by Crippen LogP contribution is 2.35. The molecule has 5 N–H and O–H groups in total. The van der Waals surface area contributed by atoms with Crippen molar-refractivity contribution in [2.75, 3.05) is 6.61 Å². The van der Waals surface area contributed by atoms with Gasteiger partial charge in [0.1, 0.15) is 36.6 Å². The van der Waals surface area contributed by atoms with Crippen molar-refractivity contribution < 1.29 is 54.1 Å². The molecule has 2 aliphatic rings. The number of nitrogens with zero attached hydrogens (tertiary/aromatic N) is 1. The molecule has 12 nitrogen and oxygen atoms in total. The Morgan fingerprint density at radius 2 is 1.45 bits per heavy atom. The van der Waals surface area contributed by atoms with Crippen LogP contribution in [0, 0.1) is 11.3 Å². The highest BCUT2D eigenvalue weighted by Gasteiger charge is 2.49. The van der Waals surface area contributed by atoms with Crippen LogP contribution < -0.4 is 0 Å². The molecule has 0 radical (unpaired) electrons. The van der Waals surface area contributed by atoms with Gasteiger partial charge in [-0.2, -0.15) is 5.26 Å². The van der Waals surface area contributed by atoms with Crippen molar-refractivity contribution in [3.63, 3.8) is 0 Å². The lowest BCUT2D eigenvalue weighted by Gasteiger charge is -2.44. The number of nitriles is 1. The van der Waals surface area contributed by atoms with Crippen molar-refractivity contribution in [3.05, 3.63) is 83.4 Å². The number of hydrogen-bond donors (Lipinski definition) is 5. The Bertz CT molecular complexity index is 1230. The number of benzene rings is 2. The van der Waals surface area contributed by atoms with Crippen LogP contribution in [0.1, 0.15) is 27.1 Å². The van der Waals surface area contributed by atoms with Gasteiger partial charge in [0.05, 0.1) is 29.9 Å². The minimum Gasteiger partial charge on any atom is -0.456 e. The molecule has 2 fully saturated rings. The number of rotatable bonds is 7. The molecule has 0 spiro atoms. The highest BCUT2D eigenvalue weighted by molar-refractivity contribution is 5.90. The van der Waals surface area contributed by atoms with Crippen LogP contribution in [0.15, 0.2) is 72.3 Å². The number of aliphatic hydroxyl groups excluding tert-OH is 5. The summed E-state index contributed by atoms with van der Waals surface area (Å²) in [7, 11) is 0. The van der Waals surface area contributed by atoms with E-state index in [4.69, 9.17) is 18.9 Å². The average molecular weight is 556 g/mol. The second-order valence-corrected chi connectivity index (χ2v) is 9.32. The Labute approximate surface area is 229 Å². The standard InChI is InChI=1S/C28H29NO11/c29-12-11-17-18(38-28-24(34)23(33)21(31)20(14-30)39-28)13-19(37-26(35)15-7-3-1-4-8-15)22(32)25(17)40-27(36)16-9-5-2-6-10-16/h1-11,18-25,28,30-34H,13-14H2/b17-11+/t18?,19-,20+,21+,22-,23-,24+,25-,28+/m0/s1. The van der Waals surface area contributed by atoms with E-state index in [1.807, 2.05) is 6.07 Å². The number of esters is 2. The quantitative estimate of drug-likeness (QED) is 0.224. The van der Waals surface area contributed by atoms with Crippen LogP contribution in [0.4, 0.5) is 0 Å². The summed E-state index contributed by atoms with van der Waals surface area (Å²) in [5.41, 5.74) is 0.321. The lowest BCUT2D eigenvalue weighted by molar-refractivity contribution is -0.312. The van der Waals surface area contributed by atoms with E-state index in [1.165, 1.54) is 24.3 Å². The SMILES string of the molecule is N#C/C=C1\C(O[C@@H]2O[C@H](CO)[C@@H](O)[C@H](O)[C@H]2O)C[C@H](OC(=O)c2ccccc2)[C@H](O)[C@H]1OC(=O)c1ccccc1. The first-order valence-electron chi connectivity index (χ1n) is 12.5. The molecule has 2 aromatic carbocycles. The minimum atomic E-state index is -1.77. The topological polar surface area (TPSA) is 196 Å². The molecule has 0 aromatic heterocycles. The molecule has 2 aromatic rings. The fourth-order valence-corrected chi connectivity index (χ4v) is 4.58. The largest absolute Gasteiger partial charge is 0.456 e. The second-order valence-electron chi connectivity index (χ2n) is 9.32. The summed E-state index contributed by atoms with van der Waals surface area (Å²) in [4.78, 5) is 25.7.